The molecule has 2 saturated heterocycles. The Labute approximate surface area is 137 Å². The summed E-state index contributed by atoms with van der Waals surface area (Å²) in [5.74, 6) is 1.88. The Morgan fingerprint density at radius 3 is 2.27 bits per heavy atom. The summed E-state index contributed by atoms with van der Waals surface area (Å²) in [4.78, 5) is 5.53. The topological polar surface area (TPSA) is 18.5 Å². The third-order valence-electron chi connectivity index (χ3n) is 6.67. The summed E-state index contributed by atoms with van der Waals surface area (Å²) >= 11 is 0. The van der Waals surface area contributed by atoms with Crippen molar-refractivity contribution in [1.29, 1.82) is 0 Å². The standard InChI is InChI=1S/C19H37N3/c1-16(2)17-4-6-18(7-5-17)22-12-10-21(11-13-22)15-19(3)8-9-20-14-19/h16-18,20H,4-15H2,1-3H3. The second-order valence-electron chi connectivity index (χ2n) is 8.86. The lowest BCUT2D eigenvalue weighted by atomic mass is 9.79. The van der Waals surface area contributed by atoms with E-state index in [1.165, 1.54) is 77.9 Å². The molecule has 2 aliphatic heterocycles. The molecule has 1 N–H and O–H groups in total. The molecule has 0 aromatic rings. The Balaban J connectivity index is 1.40. The molecule has 0 radical (unpaired) electrons. The van der Waals surface area contributed by atoms with Crippen molar-refractivity contribution < 1.29 is 0 Å². The first-order chi connectivity index (χ1) is 10.6. The number of nitrogens with one attached hydrogen (secondary N) is 1. The van der Waals surface area contributed by atoms with E-state index >= 15 is 0 Å². The summed E-state index contributed by atoms with van der Waals surface area (Å²) in [5.41, 5.74) is 0.525. The molecule has 128 valence electrons. The fourth-order valence-corrected chi connectivity index (χ4v) is 4.96. The Bertz CT molecular complexity index is 333. The quantitative estimate of drug-likeness (QED) is 0.861. The van der Waals surface area contributed by atoms with Crippen LogP contribution >= 0.6 is 0 Å². The second kappa shape index (κ2) is 7.19. The smallest absolute Gasteiger partial charge is 0.0113 e. The fraction of sp³-hybridized carbons (Fsp3) is 1.00. The highest BCUT2D eigenvalue weighted by Crippen LogP contribution is 2.33. The molecule has 3 aliphatic rings. The molecule has 3 nitrogen and oxygen atoms in total. The van der Waals surface area contributed by atoms with Gasteiger partial charge in [0.25, 0.3) is 0 Å². The van der Waals surface area contributed by atoms with Gasteiger partial charge in [-0.25, -0.2) is 0 Å². The molecule has 3 fully saturated rings. The van der Waals surface area contributed by atoms with Crippen LogP contribution in [-0.4, -0.2) is 61.7 Å². The molecule has 3 rings (SSSR count). The predicted octanol–water partition coefficient (Wildman–Crippen LogP) is 2.82. The maximum atomic E-state index is 3.54. The minimum atomic E-state index is 0.525. The molecule has 0 bridgehead atoms. The van der Waals surface area contributed by atoms with Crippen LogP contribution in [0.15, 0.2) is 0 Å². The van der Waals surface area contributed by atoms with Crippen molar-refractivity contribution in [2.24, 2.45) is 17.3 Å². The van der Waals surface area contributed by atoms with E-state index in [0.717, 1.165) is 17.9 Å². The first kappa shape index (κ1) is 16.7. The molecule has 1 aliphatic carbocycles. The molecule has 2 heterocycles. The van der Waals surface area contributed by atoms with Gasteiger partial charge in [0.05, 0.1) is 0 Å². The lowest BCUT2D eigenvalue weighted by molar-refractivity contribution is 0.0500. The van der Waals surface area contributed by atoms with E-state index in [2.05, 4.69) is 35.9 Å². The number of rotatable bonds is 4. The zero-order valence-corrected chi connectivity index (χ0v) is 15.1. The van der Waals surface area contributed by atoms with Gasteiger partial charge in [-0.15, -0.1) is 0 Å². The summed E-state index contributed by atoms with van der Waals surface area (Å²) in [5, 5.41) is 3.54. The lowest BCUT2D eigenvalue weighted by Crippen LogP contribution is -2.53. The molecule has 0 spiro atoms. The van der Waals surface area contributed by atoms with Crippen LogP contribution in [0.2, 0.25) is 0 Å². The molecular weight excluding hydrogens is 270 g/mol. The van der Waals surface area contributed by atoms with Gasteiger partial charge in [0.2, 0.25) is 0 Å². The number of hydrogen-bond donors (Lipinski definition) is 1. The Morgan fingerprint density at radius 2 is 1.73 bits per heavy atom. The van der Waals surface area contributed by atoms with Crippen LogP contribution in [0.25, 0.3) is 0 Å². The predicted molar refractivity (Wildman–Crippen MR) is 94.2 cm³/mol. The molecular formula is C19H37N3. The number of nitrogens with zero attached hydrogens (tertiary/aromatic N) is 2. The summed E-state index contributed by atoms with van der Waals surface area (Å²) in [6.45, 7) is 16.2. The van der Waals surface area contributed by atoms with E-state index in [1.807, 2.05) is 0 Å². The van der Waals surface area contributed by atoms with Crippen molar-refractivity contribution >= 4 is 0 Å². The van der Waals surface area contributed by atoms with Crippen molar-refractivity contribution in [3.05, 3.63) is 0 Å². The zero-order chi connectivity index (χ0) is 15.6. The van der Waals surface area contributed by atoms with E-state index in [-0.39, 0.29) is 0 Å². The monoisotopic (exact) mass is 307 g/mol. The highest BCUT2D eigenvalue weighted by Gasteiger charge is 2.33. The summed E-state index contributed by atoms with van der Waals surface area (Å²) in [6, 6.07) is 0.890. The first-order valence-electron chi connectivity index (χ1n) is 9.73. The number of hydrogen-bond acceptors (Lipinski definition) is 3. The highest BCUT2D eigenvalue weighted by atomic mass is 15.3. The van der Waals surface area contributed by atoms with Gasteiger partial charge >= 0.3 is 0 Å². The van der Waals surface area contributed by atoms with E-state index in [1.54, 1.807) is 0 Å². The van der Waals surface area contributed by atoms with E-state index in [9.17, 15) is 0 Å². The number of piperazine rings is 1. The van der Waals surface area contributed by atoms with Crippen LogP contribution in [0.5, 0.6) is 0 Å². The van der Waals surface area contributed by atoms with Gasteiger partial charge < -0.3 is 10.2 Å². The van der Waals surface area contributed by atoms with Gasteiger partial charge in [-0.05, 0) is 55.9 Å². The van der Waals surface area contributed by atoms with Crippen LogP contribution in [0.4, 0.5) is 0 Å². The van der Waals surface area contributed by atoms with Crippen molar-refractivity contribution in [2.45, 2.75) is 58.9 Å². The summed E-state index contributed by atoms with van der Waals surface area (Å²) in [7, 11) is 0. The van der Waals surface area contributed by atoms with Gasteiger partial charge in [-0.1, -0.05) is 20.8 Å². The normalized spacial score (nSPS) is 38.7. The van der Waals surface area contributed by atoms with Crippen molar-refractivity contribution in [3.8, 4) is 0 Å². The minimum absolute atomic E-state index is 0.525. The van der Waals surface area contributed by atoms with Gasteiger partial charge in [0.1, 0.15) is 0 Å². The van der Waals surface area contributed by atoms with Crippen molar-refractivity contribution in [1.82, 2.24) is 15.1 Å². The van der Waals surface area contributed by atoms with Gasteiger partial charge in [-0.3, -0.25) is 4.90 Å². The second-order valence-corrected chi connectivity index (χ2v) is 8.86. The van der Waals surface area contributed by atoms with Crippen LogP contribution in [0.1, 0.15) is 52.9 Å². The lowest BCUT2D eigenvalue weighted by Gasteiger charge is -2.44. The average molecular weight is 308 g/mol. The first-order valence-corrected chi connectivity index (χ1v) is 9.73. The molecule has 1 saturated carbocycles. The SMILES string of the molecule is CC(C)C1CCC(N2CCN(CC3(C)CCNC3)CC2)CC1. The van der Waals surface area contributed by atoms with Gasteiger partial charge in [-0.2, -0.15) is 0 Å². The van der Waals surface area contributed by atoms with E-state index in [0.29, 0.717) is 5.41 Å². The Hall–Kier alpha value is -0.120. The van der Waals surface area contributed by atoms with Crippen molar-refractivity contribution in [2.75, 3.05) is 45.8 Å². The van der Waals surface area contributed by atoms with Gasteiger partial charge in [0, 0.05) is 45.3 Å². The molecule has 22 heavy (non-hydrogen) atoms. The van der Waals surface area contributed by atoms with Crippen LogP contribution in [-0.2, 0) is 0 Å². The molecule has 1 unspecified atom stereocenters. The van der Waals surface area contributed by atoms with E-state index in [4.69, 9.17) is 0 Å². The third-order valence-corrected chi connectivity index (χ3v) is 6.67. The largest absolute Gasteiger partial charge is 0.316 e. The molecule has 0 aromatic carbocycles. The van der Waals surface area contributed by atoms with Gasteiger partial charge in [0.15, 0.2) is 0 Å². The maximum Gasteiger partial charge on any atom is 0.0113 e. The van der Waals surface area contributed by atoms with Crippen LogP contribution < -0.4 is 5.32 Å². The molecule has 0 amide bonds. The summed E-state index contributed by atoms with van der Waals surface area (Å²) in [6.07, 6.45) is 7.18. The van der Waals surface area contributed by atoms with Crippen LogP contribution in [0.3, 0.4) is 0 Å². The Kier molecular flexibility index (Phi) is 5.47. The average Bonchev–Trinajstić information content (AvgIpc) is 2.94. The highest BCUT2D eigenvalue weighted by molar-refractivity contribution is 4.89. The minimum Gasteiger partial charge on any atom is -0.316 e. The summed E-state index contributed by atoms with van der Waals surface area (Å²) < 4.78 is 0. The van der Waals surface area contributed by atoms with Crippen LogP contribution in [0, 0.1) is 17.3 Å². The third kappa shape index (κ3) is 4.04. The van der Waals surface area contributed by atoms with E-state index < -0.39 is 0 Å². The Morgan fingerprint density at radius 1 is 1.05 bits per heavy atom. The maximum absolute atomic E-state index is 3.54. The van der Waals surface area contributed by atoms with Crippen molar-refractivity contribution in [3.63, 3.8) is 0 Å². The fourth-order valence-electron chi connectivity index (χ4n) is 4.96. The molecule has 0 aromatic heterocycles. The molecule has 1 atom stereocenters. The zero-order valence-electron chi connectivity index (χ0n) is 15.1. The molecule has 3 heteroatoms.